The second kappa shape index (κ2) is 5.93. The van der Waals surface area contributed by atoms with Crippen LogP contribution in [0.25, 0.3) is 17.0 Å². The third-order valence-corrected chi connectivity index (χ3v) is 4.51. The van der Waals surface area contributed by atoms with Gasteiger partial charge in [-0.2, -0.15) is 0 Å². The summed E-state index contributed by atoms with van der Waals surface area (Å²) in [5, 5.41) is 6.51. The lowest BCUT2D eigenvalue weighted by Crippen LogP contribution is -1.91. The summed E-state index contributed by atoms with van der Waals surface area (Å²) >= 11 is 1.64. The average Bonchev–Trinajstić information content (AvgIpc) is 3.18. The van der Waals surface area contributed by atoms with Gasteiger partial charge in [-0.1, -0.05) is 0 Å². The molecule has 0 bridgehead atoms. The first kappa shape index (κ1) is 14.6. The highest BCUT2D eigenvalue weighted by Gasteiger charge is 2.13. The number of rotatable bonds is 4. The largest absolute Gasteiger partial charge is 0.481 e. The van der Waals surface area contributed by atoms with Gasteiger partial charge in [-0.05, 0) is 25.1 Å². The normalized spacial score (nSPS) is 10.9. The van der Waals surface area contributed by atoms with E-state index < -0.39 is 0 Å². The van der Waals surface area contributed by atoms with Crippen molar-refractivity contribution >= 4 is 27.8 Å². The van der Waals surface area contributed by atoms with Crippen LogP contribution in [-0.4, -0.2) is 26.5 Å². The molecule has 4 aromatic heterocycles. The second-order valence-electron chi connectivity index (χ2n) is 5.25. The molecule has 0 unspecified atom stereocenters. The summed E-state index contributed by atoms with van der Waals surface area (Å²) in [6.45, 7) is 2.00. The van der Waals surface area contributed by atoms with Crippen LogP contribution in [0, 0.1) is 6.92 Å². The zero-order valence-corrected chi connectivity index (χ0v) is 14.0. The number of anilines is 2. The molecule has 0 atom stereocenters. The van der Waals surface area contributed by atoms with E-state index >= 15 is 0 Å². The molecule has 0 aliphatic heterocycles. The molecule has 6 nitrogen and oxygen atoms in total. The Kier molecular flexibility index (Phi) is 3.62. The van der Waals surface area contributed by atoms with Gasteiger partial charge in [-0.15, -0.1) is 11.3 Å². The molecule has 0 saturated carbocycles. The fourth-order valence-electron chi connectivity index (χ4n) is 2.59. The molecule has 0 radical (unpaired) electrons. The van der Waals surface area contributed by atoms with Crippen molar-refractivity contribution in [2.75, 3.05) is 12.4 Å². The number of thiophene rings is 1. The van der Waals surface area contributed by atoms with Crippen molar-refractivity contribution in [3.8, 4) is 17.1 Å². The fourth-order valence-corrected chi connectivity index (χ4v) is 3.39. The molecule has 7 heteroatoms. The Morgan fingerprint density at radius 2 is 2.17 bits per heavy atom. The number of aryl methyl sites for hydroxylation is 1. The number of fused-ring (bicyclic) bond motifs is 1. The van der Waals surface area contributed by atoms with Crippen LogP contribution < -0.4 is 10.1 Å². The number of nitrogens with zero attached hydrogens (tertiary/aromatic N) is 4. The summed E-state index contributed by atoms with van der Waals surface area (Å²) in [4.78, 5) is 13.0. The summed E-state index contributed by atoms with van der Waals surface area (Å²) in [5.41, 5.74) is 4.06. The lowest BCUT2D eigenvalue weighted by Gasteiger charge is -2.04. The molecule has 0 aliphatic rings. The number of ether oxygens (including phenoxy) is 1. The van der Waals surface area contributed by atoms with E-state index in [2.05, 4.69) is 31.7 Å². The van der Waals surface area contributed by atoms with Gasteiger partial charge in [0.2, 0.25) is 11.7 Å². The molecule has 0 spiro atoms. The summed E-state index contributed by atoms with van der Waals surface area (Å²) in [6.07, 6.45) is 5.49. The lowest BCUT2D eigenvalue weighted by molar-refractivity contribution is 0.398. The van der Waals surface area contributed by atoms with Crippen molar-refractivity contribution in [1.29, 1.82) is 0 Å². The van der Waals surface area contributed by atoms with Crippen LogP contribution in [-0.2, 0) is 0 Å². The lowest BCUT2D eigenvalue weighted by atomic mass is 10.2. The third kappa shape index (κ3) is 2.59. The Balaban J connectivity index is 1.65. The maximum atomic E-state index is 5.07. The van der Waals surface area contributed by atoms with Crippen LogP contribution in [0.1, 0.15) is 5.69 Å². The first-order valence-electron chi connectivity index (χ1n) is 7.40. The molecule has 24 heavy (non-hydrogen) atoms. The summed E-state index contributed by atoms with van der Waals surface area (Å²) < 4.78 is 7.08. The minimum absolute atomic E-state index is 0.598. The SMILES string of the molecule is COc1ccc(Nc2cc(-c3c(C)nc4ncccn34)cs2)cn1. The smallest absolute Gasteiger partial charge is 0.234 e. The van der Waals surface area contributed by atoms with Crippen LogP contribution in [0.4, 0.5) is 10.7 Å². The van der Waals surface area contributed by atoms with Gasteiger partial charge in [0.15, 0.2) is 0 Å². The third-order valence-electron chi connectivity index (χ3n) is 3.66. The van der Waals surface area contributed by atoms with Gasteiger partial charge in [0.05, 0.1) is 35.4 Å². The zero-order chi connectivity index (χ0) is 16.5. The predicted octanol–water partition coefficient (Wildman–Crippen LogP) is 3.91. The number of hydrogen-bond acceptors (Lipinski definition) is 6. The van der Waals surface area contributed by atoms with Crippen LogP contribution >= 0.6 is 11.3 Å². The number of nitrogens with one attached hydrogen (secondary N) is 1. The molecule has 4 rings (SSSR count). The molecule has 1 N–H and O–H groups in total. The van der Waals surface area contributed by atoms with Gasteiger partial charge in [-0.25, -0.2) is 15.0 Å². The molecular weight excluding hydrogens is 322 g/mol. The molecular formula is C17H15N5OS. The Labute approximate surface area is 142 Å². The number of methoxy groups -OCH3 is 1. The van der Waals surface area contributed by atoms with Crippen molar-refractivity contribution in [3.63, 3.8) is 0 Å². The number of hydrogen-bond donors (Lipinski definition) is 1. The Bertz CT molecular complexity index is 990. The van der Waals surface area contributed by atoms with E-state index in [0.29, 0.717) is 11.7 Å². The molecule has 4 heterocycles. The molecule has 0 aromatic carbocycles. The van der Waals surface area contributed by atoms with Crippen LogP contribution in [0.3, 0.4) is 0 Å². The number of pyridine rings is 1. The molecule has 0 fully saturated rings. The zero-order valence-electron chi connectivity index (χ0n) is 13.2. The van der Waals surface area contributed by atoms with Gasteiger partial charge in [-0.3, -0.25) is 4.40 Å². The Morgan fingerprint density at radius 3 is 2.96 bits per heavy atom. The molecule has 0 amide bonds. The fraction of sp³-hybridized carbons (Fsp3) is 0.118. The number of aromatic nitrogens is 4. The van der Waals surface area contributed by atoms with Crippen LogP contribution in [0.2, 0.25) is 0 Å². The second-order valence-corrected chi connectivity index (χ2v) is 6.16. The van der Waals surface area contributed by atoms with Crippen molar-refractivity contribution in [2.24, 2.45) is 0 Å². The minimum atomic E-state index is 0.598. The van der Waals surface area contributed by atoms with E-state index in [-0.39, 0.29) is 0 Å². The van der Waals surface area contributed by atoms with E-state index in [9.17, 15) is 0 Å². The highest BCUT2D eigenvalue weighted by molar-refractivity contribution is 7.14. The Morgan fingerprint density at radius 1 is 1.25 bits per heavy atom. The first-order chi connectivity index (χ1) is 11.7. The molecule has 0 aliphatic carbocycles. The van der Waals surface area contributed by atoms with Crippen molar-refractivity contribution in [2.45, 2.75) is 6.92 Å². The van der Waals surface area contributed by atoms with Gasteiger partial charge < -0.3 is 10.1 Å². The van der Waals surface area contributed by atoms with E-state index in [0.717, 1.165) is 27.6 Å². The molecule has 0 saturated heterocycles. The summed E-state index contributed by atoms with van der Waals surface area (Å²) in [6, 6.07) is 7.79. The van der Waals surface area contributed by atoms with Crippen molar-refractivity contribution < 1.29 is 4.74 Å². The first-order valence-corrected chi connectivity index (χ1v) is 8.28. The maximum Gasteiger partial charge on any atom is 0.234 e. The van der Waals surface area contributed by atoms with Crippen LogP contribution in [0.15, 0.2) is 48.2 Å². The molecule has 4 aromatic rings. The monoisotopic (exact) mass is 337 g/mol. The topological polar surface area (TPSA) is 64.3 Å². The van der Waals surface area contributed by atoms with E-state index in [1.807, 2.05) is 35.7 Å². The van der Waals surface area contributed by atoms with Gasteiger partial charge >= 0.3 is 0 Å². The quantitative estimate of drug-likeness (QED) is 0.611. The van der Waals surface area contributed by atoms with Gasteiger partial charge in [0, 0.05) is 29.4 Å². The van der Waals surface area contributed by atoms with E-state index in [1.165, 1.54) is 0 Å². The van der Waals surface area contributed by atoms with Gasteiger partial charge in [0.25, 0.3) is 0 Å². The summed E-state index contributed by atoms with van der Waals surface area (Å²) in [5.74, 6) is 1.31. The van der Waals surface area contributed by atoms with Crippen molar-refractivity contribution in [3.05, 3.63) is 53.9 Å². The number of imidazole rings is 1. The van der Waals surface area contributed by atoms with Crippen LogP contribution in [0.5, 0.6) is 5.88 Å². The molecule has 120 valence electrons. The highest BCUT2D eigenvalue weighted by atomic mass is 32.1. The van der Waals surface area contributed by atoms with E-state index in [1.54, 1.807) is 30.8 Å². The minimum Gasteiger partial charge on any atom is -0.481 e. The standard InChI is InChI=1S/C17H15N5OS/c1-11-16(22-7-3-6-18-17(22)20-11)12-8-15(24-10-12)21-13-4-5-14(23-2)19-9-13/h3-10,21H,1-2H3. The average molecular weight is 337 g/mol. The van der Waals surface area contributed by atoms with E-state index in [4.69, 9.17) is 4.74 Å². The Hall–Kier alpha value is -2.93. The van der Waals surface area contributed by atoms with Gasteiger partial charge in [0.1, 0.15) is 0 Å². The highest BCUT2D eigenvalue weighted by Crippen LogP contribution is 2.33. The predicted molar refractivity (Wildman–Crippen MR) is 95.1 cm³/mol. The van der Waals surface area contributed by atoms with Crippen molar-refractivity contribution in [1.82, 2.24) is 19.4 Å². The summed E-state index contributed by atoms with van der Waals surface area (Å²) in [7, 11) is 1.61. The maximum absolute atomic E-state index is 5.07.